The minimum atomic E-state index is -0.746. The van der Waals surface area contributed by atoms with Crippen molar-refractivity contribution in [1.29, 1.82) is 0 Å². The monoisotopic (exact) mass is 342 g/mol. The van der Waals surface area contributed by atoms with Crippen molar-refractivity contribution in [1.82, 2.24) is 4.90 Å². The zero-order valence-electron chi connectivity index (χ0n) is 14.3. The Kier molecular flexibility index (Phi) is 6.27. The molecule has 0 saturated carbocycles. The molecule has 0 aliphatic heterocycles. The third-order valence-corrected chi connectivity index (χ3v) is 3.58. The summed E-state index contributed by atoms with van der Waals surface area (Å²) in [6.07, 6.45) is 0. The van der Waals surface area contributed by atoms with Crippen LogP contribution in [0.2, 0.25) is 5.02 Å². The van der Waals surface area contributed by atoms with E-state index in [0.29, 0.717) is 28.8 Å². The smallest absolute Gasteiger partial charge is 0.314 e. The van der Waals surface area contributed by atoms with Crippen LogP contribution in [-0.4, -0.2) is 43.0 Å². The summed E-state index contributed by atoms with van der Waals surface area (Å²) in [6.45, 7) is 7.86. The van der Waals surface area contributed by atoms with Crippen LogP contribution in [0.15, 0.2) is 12.1 Å². The average molecular weight is 343 g/mol. The molecule has 2 amide bonds. The first kappa shape index (κ1) is 19.1. The molecule has 0 bridgehead atoms. The second kappa shape index (κ2) is 7.55. The van der Waals surface area contributed by atoms with E-state index in [0.717, 1.165) is 0 Å². The molecule has 1 N–H and O–H groups in total. The number of anilines is 1. The number of carbonyl (C=O) groups is 2. The largest absolute Gasteiger partial charge is 0.495 e. The highest BCUT2D eigenvalue weighted by Gasteiger charge is 2.30. The van der Waals surface area contributed by atoms with E-state index in [1.807, 2.05) is 27.7 Å². The maximum atomic E-state index is 12.4. The van der Waals surface area contributed by atoms with Crippen molar-refractivity contribution in [2.75, 3.05) is 26.1 Å². The SMILES string of the molecule is CCN(C(=O)C(=O)Nc1cc(OC)c(Cl)cc1OC)C(C)(C)C. The number of ether oxygens (including phenoxy) is 2. The van der Waals surface area contributed by atoms with Gasteiger partial charge in [-0.05, 0) is 27.7 Å². The predicted octanol–water partition coefficient (Wildman–Crippen LogP) is 2.94. The summed E-state index contributed by atoms with van der Waals surface area (Å²) >= 11 is 6.02. The van der Waals surface area contributed by atoms with Gasteiger partial charge in [-0.25, -0.2) is 0 Å². The fraction of sp³-hybridized carbons (Fsp3) is 0.500. The van der Waals surface area contributed by atoms with Gasteiger partial charge in [0.2, 0.25) is 0 Å². The lowest BCUT2D eigenvalue weighted by molar-refractivity contribution is -0.146. The number of likely N-dealkylation sites (N-methyl/N-ethyl adjacent to an activating group) is 1. The minimum absolute atomic E-state index is 0.317. The molecule has 23 heavy (non-hydrogen) atoms. The Morgan fingerprint density at radius 3 is 2.17 bits per heavy atom. The molecule has 0 unspecified atom stereocenters. The fourth-order valence-corrected chi connectivity index (χ4v) is 2.41. The van der Waals surface area contributed by atoms with Crippen molar-refractivity contribution >= 4 is 29.1 Å². The molecular formula is C16H23ClN2O4. The molecule has 0 aliphatic carbocycles. The van der Waals surface area contributed by atoms with E-state index >= 15 is 0 Å². The van der Waals surface area contributed by atoms with Crippen LogP contribution in [0.5, 0.6) is 11.5 Å². The van der Waals surface area contributed by atoms with Gasteiger partial charge >= 0.3 is 11.8 Å². The average Bonchev–Trinajstić information content (AvgIpc) is 2.47. The molecule has 1 rings (SSSR count). The third-order valence-electron chi connectivity index (χ3n) is 3.29. The topological polar surface area (TPSA) is 67.9 Å². The van der Waals surface area contributed by atoms with Gasteiger partial charge in [0.15, 0.2) is 0 Å². The molecule has 0 saturated heterocycles. The standard InChI is InChI=1S/C16H23ClN2O4/c1-7-19(16(2,3)4)15(21)14(20)18-11-9-12(22-5)10(17)8-13(11)23-6/h8-9H,7H2,1-6H3,(H,18,20). The zero-order chi connectivity index (χ0) is 17.8. The number of rotatable bonds is 4. The number of methoxy groups -OCH3 is 2. The highest BCUT2D eigenvalue weighted by atomic mass is 35.5. The number of nitrogens with one attached hydrogen (secondary N) is 1. The van der Waals surface area contributed by atoms with E-state index in [2.05, 4.69) is 5.32 Å². The summed E-state index contributed by atoms with van der Waals surface area (Å²) in [7, 11) is 2.91. The Balaban J connectivity index is 3.07. The summed E-state index contributed by atoms with van der Waals surface area (Å²) in [5.74, 6) is -0.644. The highest BCUT2D eigenvalue weighted by Crippen LogP contribution is 2.35. The van der Waals surface area contributed by atoms with Crippen LogP contribution in [0, 0.1) is 0 Å². The number of hydrogen-bond donors (Lipinski definition) is 1. The Bertz CT molecular complexity index is 596. The van der Waals surface area contributed by atoms with E-state index in [1.165, 1.54) is 31.3 Å². The van der Waals surface area contributed by atoms with Crippen molar-refractivity contribution in [3.63, 3.8) is 0 Å². The van der Waals surface area contributed by atoms with E-state index in [1.54, 1.807) is 0 Å². The first-order chi connectivity index (χ1) is 10.6. The molecule has 0 fully saturated rings. The lowest BCUT2D eigenvalue weighted by Gasteiger charge is -2.34. The number of hydrogen-bond acceptors (Lipinski definition) is 4. The Hall–Kier alpha value is -1.95. The number of nitrogens with zero attached hydrogens (tertiary/aromatic N) is 1. The van der Waals surface area contributed by atoms with Gasteiger partial charge in [0, 0.05) is 24.2 Å². The molecule has 0 spiro atoms. The molecular weight excluding hydrogens is 320 g/mol. The van der Waals surface area contributed by atoms with Crippen LogP contribution in [-0.2, 0) is 9.59 Å². The molecule has 7 heteroatoms. The Morgan fingerprint density at radius 2 is 1.74 bits per heavy atom. The van der Waals surface area contributed by atoms with Gasteiger partial charge in [0.1, 0.15) is 11.5 Å². The van der Waals surface area contributed by atoms with Crippen LogP contribution >= 0.6 is 11.6 Å². The molecule has 0 aromatic heterocycles. The van der Waals surface area contributed by atoms with Gasteiger partial charge in [0.25, 0.3) is 0 Å². The fourth-order valence-electron chi connectivity index (χ4n) is 2.18. The molecule has 1 aromatic rings. The van der Waals surface area contributed by atoms with Crippen LogP contribution in [0.3, 0.4) is 0 Å². The van der Waals surface area contributed by atoms with Crippen molar-refractivity contribution in [2.24, 2.45) is 0 Å². The number of halogens is 1. The molecule has 1 aromatic carbocycles. The van der Waals surface area contributed by atoms with Crippen molar-refractivity contribution in [2.45, 2.75) is 33.2 Å². The minimum Gasteiger partial charge on any atom is -0.495 e. The first-order valence-corrected chi connectivity index (χ1v) is 7.58. The van der Waals surface area contributed by atoms with Gasteiger partial charge in [-0.1, -0.05) is 11.6 Å². The molecule has 0 aliphatic rings. The van der Waals surface area contributed by atoms with Crippen molar-refractivity contribution in [3.05, 3.63) is 17.2 Å². The van der Waals surface area contributed by atoms with Gasteiger partial charge < -0.3 is 19.7 Å². The number of carbonyl (C=O) groups excluding carboxylic acids is 2. The van der Waals surface area contributed by atoms with Crippen molar-refractivity contribution in [3.8, 4) is 11.5 Å². The normalized spacial score (nSPS) is 10.9. The maximum absolute atomic E-state index is 12.4. The van der Waals surface area contributed by atoms with E-state index in [9.17, 15) is 9.59 Å². The van der Waals surface area contributed by atoms with E-state index in [-0.39, 0.29) is 0 Å². The highest BCUT2D eigenvalue weighted by molar-refractivity contribution is 6.40. The Labute approximate surface area is 141 Å². The summed E-state index contributed by atoms with van der Waals surface area (Å²) in [5, 5.41) is 2.90. The summed E-state index contributed by atoms with van der Waals surface area (Å²) in [5.41, 5.74) is -0.137. The lowest BCUT2D eigenvalue weighted by atomic mass is 10.1. The van der Waals surface area contributed by atoms with Crippen LogP contribution in [0.1, 0.15) is 27.7 Å². The third kappa shape index (κ3) is 4.51. The van der Waals surface area contributed by atoms with E-state index < -0.39 is 17.4 Å². The Morgan fingerprint density at radius 1 is 1.17 bits per heavy atom. The maximum Gasteiger partial charge on any atom is 0.314 e. The lowest BCUT2D eigenvalue weighted by Crippen LogP contribution is -2.49. The number of amides is 2. The quantitative estimate of drug-likeness (QED) is 0.854. The van der Waals surface area contributed by atoms with Crippen LogP contribution in [0.4, 0.5) is 5.69 Å². The van der Waals surface area contributed by atoms with E-state index in [4.69, 9.17) is 21.1 Å². The zero-order valence-corrected chi connectivity index (χ0v) is 15.1. The van der Waals surface area contributed by atoms with Crippen LogP contribution < -0.4 is 14.8 Å². The molecule has 0 radical (unpaired) electrons. The van der Waals surface area contributed by atoms with Gasteiger partial charge in [-0.3, -0.25) is 9.59 Å². The molecule has 128 valence electrons. The van der Waals surface area contributed by atoms with Gasteiger partial charge in [-0.15, -0.1) is 0 Å². The predicted molar refractivity (Wildman–Crippen MR) is 90.3 cm³/mol. The summed E-state index contributed by atoms with van der Waals surface area (Å²) in [6, 6.07) is 3.03. The first-order valence-electron chi connectivity index (χ1n) is 7.20. The second-order valence-corrected chi connectivity index (χ2v) is 6.27. The van der Waals surface area contributed by atoms with Gasteiger partial charge in [-0.2, -0.15) is 0 Å². The molecule has 6 nitrogen and oxygen atoms in total. The van der Waals surface area contributed by atoms with Gasteiger partial charge in [0.05, 0.1) is 24.9 Å². The second-order valence-electron chi connectivity index (χ2n) is 5.86. The summed E-state index contributed by atoms with van der Waals surface area (Å²) < 4.78 is 10.3. The molecule has 0 heterocycles. The molecule has 0 atom stereocenters. The van der Waals surface area contributed by atoms with Crippen molar-refractivity contribution < 1.29 is 19.1 Å². The van der Waals surface area contributed by atoms with Crippen LogP contribution in [0.25, 0.3) is 0 Å². The number of benzene rings is 1. The summed E-state index contributed by atoms with van der Waals surface area (Å²) in [4.78, 5) is 26.1.